The average Bonchev–Trinajstić information content (AvgIpc) is 3.26. The summed E-state index contributed by atoms with van der Waals surface area (Å²) < 4.78 is 16.0. The smallest absolute Gasteiger partial charge is 0.244 e. The SMILES string of the molecule is O=C(C=Cc1cccs1)NCC#CCOc1ccc2c(c1)OCO2. The van der Waals surface area contributed by atoms with Gasteiger partial charge in [-0.15, -0.1) is 11.3 Å². The molecule has 1 N–H and O–H groups in total. The van der Waals surface area contributed by atoms with Gasteiger partial charge in [0.05, 0.1) is 6.54 Å². The zero-order chi connectivity index (χ0) is 16.6. The summed E-state index contributed by atoms with van der Waals surface area (Å²) in [4.78, 5) is 12.6. The first-order valence-electron chi connectivity index (χ1n) is 7.29. The third kappa shape index (κ3) is 4.54. The van der Waals surface area contributed by atoms with Gasteiger partial charge in [-0.2, -0.15) is 0 Å². The Labute approximate surface area is 143 Å². The molecule has 0 saturated carbocycles. The average molecular weight is 341 g/mol. The van der Waals surface area contributed by atoms with Gasteiger partial charge >= 0.3 is 0 Å². The third-order valence-electron chi connectivity index (χ3n) is 3.07. The molecular formula is C18H15NO4S. The Morgan fingerprint density at radius 1 is 1.29 bits per heavy atom. The molecule has 0 fully saturated rings. The Morgan fingerprint density at radius 2 is 2.21 bits per heavy atom. The predicted octanol–water partition coefficient (Wildman–Crippen LogP) is 2.69. The van der Waals surface area contributed by atoms with Crippen molar-refractivity contribution in [2.45, 2.75) is 0 Å². The summed E-state index contributed by atoms with van der Waals surface area (Å²) in [5.41, 5.74) is 0. The minimum absolute atomic E-state index is 0.172. The van der Waals surface area contributed by atoms with Gasteiger partial charge in [0.2, 0.25) is 12.7 Å². The number of thiophene rings is 1. The number of ether oxygens (including phenoxy) is 3. The van der Waals surface area contributed by atoms with Gasteiger partial charge in [0, 0.05) is 17.0 Å². The highest BCUT2D eigenvalue weighted by Gasteiger charge is 2.13. The summed E-state index contributed by atoms with van der Waals surface area (Å²) in [6.45, 7) is 0.748. The fourth-order valence-corrected chi connectivity index (χ4v) is 2.55. The van der Waals surface area contributed by atoms with Gasteiger partial charge in [-0.05, 0) is 29.7 Å². The van der Waals surface area contributed by atoms with Crippen molar-refractivity contribution in [1.82, 2.24) is 5.32 Å². The third-order valence-corrected chi connectivity index (χ3v) is 3.91. The Balaban J connectivity index is 1.36. The lowest BCUT2D eigenvalue weighted by Gasteiger charge is -2.02. The largest absolute Gasteiger partial charge is 0.481 e. The Hall–Kier alpha value is -2.91. The molecule has 5 nitrogen and oxygen atoms in total. The molecule has 1 aromatic carbocycles. The highest BCUT2D eigenvalue weighted by molar-refractivity contribution is 7.10. The van der Waals surface area contributed by atoms with Crippen LogP contribution >= 0.6 is 11.3 Å². The lowest BCUT2D eigenvalue weighted by molar-refractivity contribution is -0.116. The van der Waals surface area contributed by atoms with E-state index in [0.717, 1.165) is 4.88 Å². The van der Waals surface area contributed by atoms with E-state index in [1.165, 1.54) is 6.08 Å². The van der Waals surface area contributed by atoms with Crippen LogP contribution in [-0.4, -0.2) is 25.9 Å². The van der Waals surface area contributed by atoms with Crippen molar-refractivity contribution in [3.8, 4) is 29.1 Å². The summed E-state index contributed by atoms with van der Waals surface area (Å²) >= 11 is 1.58. The van der Waals surface area contributed by atoms with Crippen LogP contribution in [0, 0.1) is 11.8 Å². The number of carbonyl (C=O) groups excluding carboxylic acids is 1. The summed E-state index contributed by atoms with van der Waals surface area (Å²) in [5, 5.41) is 4.65. The van der Waals surface area contributed by atoms with Crippen molar-refractivity contribution in [2.75, 3.05) is 19.9 Å². The van der Waals surface area contributed by atoms with Gasteiger partial charge in [-0.25, -0.2) is 0 Å². The number of carbonyl (C=O) groups is 1. The minimum atomic E-state index is -0.172. The number of amides is 1. The van der Waals surface area contributed by atoms with Crippen LogP contribution in [0.2, 0.25) is 0 Å². The molecule has 0 atom stereocenters. The molecule has 0 aliphatic carbocycles. The van der Waals surface area contributed by atoms with E-state index in [4.69, 9.17) is 14.2 Å². The number of fused-ring (bicyclic) bond motifs is 1. The molecule has 0 radical (unpaired) electrons. The number of hydrogen-bond donors (Lipinski definition) is 1. The molecular weight excluding hydrogens is 326 g/mol. The van der Waals surface area contributed by atoms with Crippen molar-refractivity contribution in [3.63, 3.8) is 0 Å². The van der Waals surface area contributed by atoms with Crippen molar-refractivity contribution < 1.29 is 19.0 Å². The van der Waals surface area contributed by atoms with Crippen molar-refractivity contribution in [3.05, 3.63) is 46.7 Å². The van der Waals surface area contributed by atoms with Gasteiger partial charge in [0.1, 0.15) is 12.4 Å². The van der Waals surface area contributed by atoms with Crippen LogP contribution in [0.15, 0.2) is 41.8 Å². The maximum absolute atomic E-state index is 11.6. The van der Waals surface area contributed by atoms with Crippen molar-refractivity contribution in [2.24, 2.45) is 0 Å². The van der Waals surface area contributed by atoms with E-state index in [-0.39, 0.29) is 25.9 Å². The molecule has 1 aliphatic heterocycles. The Kier molecular flexibility index (Phi) is 5.38. The summed E-state index contributed by atoms with van der Waals surface area (Å²) in [5.74, 6) is 7.56. The minimum Gasteiger partial charge on any atom is -0.481 e. The molecule has 0 saturated heterocycles. The second kappa shape index (κ2) is 8.09. The highest BCUT2D eigenvalue weighted by atomic mass is 32.1. The Morgan fingerprint density at radius 3 is 3.08 bits per heavy atom. The van der Waals surface area contributed by atoms with E-state index in [0.29, 0.717) is 17.2 Å². The van der Waals surface area contributed by atoms with Crippen LogP contribution in [-0.2, 0) is 4.79 Å². The predicted molar refractivity (Wildman–Crippen MR) is 92.2 cm³/mol. The van der Waals surface area contributed by atoms with Gasteiger partial charge in [0.15, 0.2) is 11.5 Å². The normalized spacial score (nSPS) is 11.8. The maximum Gasteiger partial charge on any atom is 0.244 e. The van der Waals surface area contributed by atoms with Crippen LogP contribution in [0.4, 0.5) is 0 Å². The van der Waals surface area contributed by atoms with Crippen LogP contribution in [0.5, 0.6) is 17.2 Å². The molecule has 6 heteroatoms. The number of benzene rings is 1. The lowest BCUT2D eigenvalue weighted by atomic mass is 10.3. The first-order valence-corrected chi connectivity index (χ1v) is 8.17. The van der Waals surface area contributed by atoms with Crippen LogP contribution in [0.3, 0.4) is 0 Å². The van der Waals surface area contributed by atoms with E-state index in [1.54, 1.807) is 35.6 Å². The summed E-state index contributed by atoms with van der Waals surface area (Å²) in [6, 6.07) is 9.24. The first-order chi connectivity index (χ1) is 11.8. The molecule has 24 heavy (non-hydrogen) atoms. The lowest BCUT2D eigenvalue weighted by Crippen LogP contribution is -2.21. The zero-order valence-corrected chi connectivity index (χ0v) is 13.6. The fourth-order valence-electron chi connectivity index (χ4n) is 1.93. The monoisotopic (exact) mass is 341 g/mol. The van der Waals surface area contributed by atoms with E-state index in [2.05, 4.69) is 17.2 Å². The van der Waals surface area contributed by atoms with E-state index in [1.807, 2.05) is 17.5 Å². The maximum atomic E-state index is 11.6. The van der Waals surface area contributed by atoms with Crippen LogP contribution in [0.25, 0.3) is 6.08 Å². The molecule has 0 spiro atoms. The molecule has 0 unspecified atom stereocenters. The highest BCUT2D eigenvalue weighted by Crippen LogP contribution is 2.34. The first kappa shape index (κ1) is 16.0. The molecule has 2 aromatic rings. The van der Waals surface area contributed by atoms with E-state index >= 15 is 0 Å². The molecule has 2 heterocycles. The standard InChI is InChI=1S/C18H15NO4S/c20-18(8-6-15-4-3-11-24-15)19-9-1-2-10-21-14-5-7-16-17(12-14)23-13-22-16/h3-8,11-12H,9-10,13H2,(H,19,20). The van der Waals surface area contributed by atoms with Crippen LogP contribution in [0.1, 0.15) is 4.88 Å². The van der Waals surface area contributed by atoms with E-state index in [9.17, 15) is 4.79 Å². The molecule has 1 aromatic heterocycles. The fraction of sp³-hybridized carbons (Fsp3) is 0.167. The van der Waals surface area contributed by atoms with Crippen LogP contribution < -0.4 is 19.5 Å². The number of rotatable bonds is 5. The number of hydrogen-bond acceptors (Lipinski definition) is 5. The molecule has 122 valence electrons. The topological polar surface area (TPSA) is 56.8 Å². The second-order valence-electron chi connectivity index (χ2n) is 4.72. The van der Waals surface area contributed by atoms with Gasteiger partial charge in [-0.1, -0.05) is 17.9 Å². The van der Waals surface area contributed by atoms with Gasteiger partial charge < -0.3 is 19.5 Å². The quantitative estimate of drug-likeness (QED) is 0.671. The molecule has 1 aliphatic rings. The molecule has 1 amide bonds. The second-order valence-corrected chi connectivity index (χ2v) is 5.70. The Bertz CT molecular complexity index is 787. The van der Waals surface area contributed by atoms with Crippen molar-refractivity contribution >= 4 is 23.3 Å². The van der Waals surface area contributed by atoms with Gasteiger partial charge in [-0.3, -0.25) is 4.79 Å². The summed E-state index contributed by atoms with van der Waals surface area (Å²) in [6.07, 6.45) is 3.27. The summed E-state index contributed by atoms with van der Waals surface area (Å²) in [7, 11) is 0. The van der Waals surface area contributed by atoms with E-state index < -0.39 is 0 Å². The molecule has 3 rings (SSSR count). The zero-order valence-electron chi connectivity index (χ0n) is 12.8. The van der Waals surface area contributed by atoms with Crippen molar-refractivity contribution in [1.29, 1.82) is 0 Å². The molecule has 0 bridgehead atoms. The van der Waals surface area contributed by atoms with Gasteiger partial charge in [0.25, 0.3) is 0 Å². The number of nitrogens with one attached hydrogen (secondary N) is 1.